The predicted octanol–water partition coefficient (Wildman–Crippen LogP) is 2.78. The number of hydrogen-bond donors (Lipinski definition) is 1. The van der Waals surface area contributed by atoms with Gasteiger partial charge in [-0.05, 0) is 38.1 Å². The molecule has 21 heavy (non-hydrogen) atoms. The quantitative estimate of drug-likeness (QED) is 0.922. The Kier molecular flexibility index (Phi) is 4.95. The number of rotatable bonds is 5. The van der Waals surface area contributed by atoms with Gasteiger partial charge in [-0.25, -0.2) is 4.98 Å². The summed E-state index contributed by atoms with van der Waals surface area (Å²) in [4.78, 5) is 11.7. The van der Waals surface area contributed by atoms with Crippen molar-refractivity contribution in [2.75, 3.05) is 19.6 Å². The van der Waals surface area contributed by atoms with Gasteiger partial charge < -0.3 is 5.32 Å². The molecule has 2 aromatic rings. The van der Waals surface area contributed by atoms with Crippen LogP contribution in [0.15, 0.2) is 29.8 Å². The van der Waals surface area contributed by atoms with Gasteiger partial charge in [-0.2, -0.15) is 0 Å². The summed E-state index contributed by atoms with van der Waals surface area (Å²) in [5, 5.41) is 6.68. The number of likely N-dealkylation sites (N-methyl/N-ethyl adjacent to an activating group) is 1. The number of hydrogen-bond acceptors (Lipinski definition) is 5. The minimum atomic E-state index is 0.642. The van der Waals surface area contributed by atoms with Crippen LogP contribution in [0.2, 0.25) is 0 Å². The number of thiazole rings is 1. The van der Waals surface area contributed by atoms with Crippen molar-refractivity contribution < 1.29 is 0 Å². The van der Waals surface area contributed by atoms with Gasteiger partial charge in [0.05, 0.1) is 11.4 Å². The molecule has 1 atom stereocenters. The summed E-state index contributed by atoms with van der Waals surface area (Å²) >= 11 is 1.69. The van der Waals surface area contributed by atoms with Crippen LogP contribution in [0.5, 0.6) is 0 Å². The SMILES string of the molecule is CCN(Cc1csc(-c2ccccn2)n1)C1CCCNC1. The fourth-order valence-electron chi connectivity index (χ4n) is 2.84. The maximum absolute atomic E-state index is 4.76. The summed E-state index contributed by atoms with van der Waals surface area (Å²) in [7, 11) is 0. The van der Waals surface area contributed by atoms with E-state index in [1.807, 2.05) is 24.4 Å². The molecule has 1 aliphatic heterocycles. The molecule has 0 spiro atoms. The maximum Gasteiger partial charge on any atom is 0.142 e. The molecule has 0 aliphatic carbocycles. The number of aromatic nitrogens is 2. The second kappa shape index (κ2) is 7.11. The first-order chi connectivity index (χ1) is 10.4. The lowest BCUT2D eigenvalue weighted by Gasteiger charge is -2.33. The molecule has 0 amide bonds. The van der Waals surface area contributed by atoms with Gasteiger partial charge in [0.1, 0.15) is 5.01 Å². The van der Waals surface area contributed by atoms with E-state index in [1.165, 1.54) is 12.8 Å². The molecule has 1 N–H and O–H groups in total. The van der Waals surface area contributed by atoms with Crippen molar-refractivity contribution >= 4 is 11.3 Å². The minimum Gasteiger partial charge on any atom is -0.315 e. The number of pyridine rings is 1. The molecule has 0 aromatic carbocycles. The average Bonchev–Trinajstić information content (AvgIpc) is 3.03. The fraction of sp³-hybridized carbons (Fsp3) is 0.500. The molecule has 1 unspecified atom stereocenters. The molecular weight excluding hydrogens is 280 g/mol. The Morgan fingerprint density at radius 2 is 2.38 bits per heavy atom. The Hall–Kier alpha value is -1.30. The van der Waals surface area contributed by atoms with Crippen molar-refractivity contribution in [1.82, 2.24) is 20.2 Å². The molecule has 3 rings (SSSR count). The van der Waals surface area contributed by atoms with Gasteiger partial charge in [-0.1, -0.05) is 13.0 Å². The Labute approximate surface area is 130 Å². The summed E-state index contributed by atoms with van der Waals surface area (Å²) < 4.78 is 0. The van der Waals surface area contributed by atoms with Crippen molar-refractivity contribution in [3.05, 3.63) is 35.5 Å². The van der Waals surface area contributed by atoms with Crippen LogP contribution in [-0.2, 0) is 6.54 Å². The average molecular weight is 302 g/mol. The molecule has 0 saturated carbocycles. The third kappa shape index (κ3) is 3.67. The van der Waals surface area contributed by atoms with Crippen LogP contribution in [-0.4, -0.2) is 40.5 Å². The number of nitrogens with zero attached hydrogens (tertiary/aromatic N) is 3. The summed E-state index contributed by atoms with van der Waals surface area (Å²) in [5.41, 5.74) is 2.13. The summed E-state index contributed by atoms with van der Waals surface area (Å²) in [6.07, 6.45) is 4.39. The zero-order valence-electron chi connectivity index (χ0n) is 12.5. The highest BCUT2D eigenvalue weighted by Gasteiger charge is 2.20. The van der Waals surface area contributed by atoms with Gasteiger partial charge in [0.15, 0.2) is 0 Å². The standard InChI is InChI=1S/C16H22N4S/c1-2-20(14-6-5-8-17-10-14)11-13-12-21-16(19-13)15-7-3-4-9-18-15/h3-4,7,9,12,14,17H,2,5-6,8,10-11H2,1H3. The summed E-state index contributed by atoms with van der Waals surface area (Å²) in [6, 6.07) is 6.61. The lowest BCUT2D eigenvalue weighted by molar-refractivity contribution is 0.164. The predicted molar refractivity (Wildman–Crippen MR) is 87.3 cm³/mol. The van der Waals surface area contributed by atoms with E-state index in [0.717, 1.165) is 42.6 Å². The molecule has 112 valence electrons. The first-order valence-electron chi connectivity index (χ1n) is 7.67. The van der Waals surface area contributed by atoms with Crippen LogP contribution in [0.4, 0.5) is 0 Å². The second-order valence-electron chi connectivity index (χ2n) is 5.42. The molecule has 0 radical (unpaired) electrons. The van der Waals surface area contributed by atoms with Crippen LogP contribution in [0.25, 0.3) is 10.7 Å². The molecule has 1 saturated heterocycles. The van der Waals surface area contributed by atoms with Crippen LogP contribution in [0, 0.1) is 0 Å². The smallest absolute Gasteiger partial charge is 0.142 e. The number of nitrogens with one attached hydrogen (secondary N) is 1. The molecule has 1 aliphatic rings. The fourth-order valence-corrected chi connectivity index (χ4v) is 3.63. The third-order valence-electron chi connectivity index (χ3n) is 3.99. The minimum absolute atomic E-state index is 0.642. The highest BCUT2D eigenvalue weighted by molar-refractivity contribution is 7.13. The van der Waals surface area contributed by atoms with E-state index in [-0.39, 0.29) is 0 Å². The van der Waals surface area contributed by atoms with Crippen LogP contribution >= 0.6 is 11.3 Å². The van der Waals surface area contributed by atoms with Crippen molar-refractivity contribution in [3.8, 4) is 10.7 Å². The van der Waals surface area contributed by atoms with Gasteiger partial charge in [0.2, 0.25) is 0 Å². The van der Waals surface area contributed by atoms with E-state index < -0.39 is 0 Å². The Morgan fingerprint density at radius 1 is 1.43 bits per heavy atom. The van der Waals surface area contributed by atoms with Crippen molar-refractivity contribution in [2.45, 2.75) is 32.4 Å². The molecule has 1 fully saturated rings. The highest BCUT2D eigenvalue weighted by Crippen LogP contribution is 2.23. The Morgan fingerprint density at radius 3 is 3.10 bits per heavy atom. The maximum atomic E-state index is 4.76. The highest BCUT2D eigenvalue weighted by atomic mass is 32.1. The topological polar surface area (TPSA) is 41.1 Å². The van der Waals surface area contributed by atoms with Gasteiger partial charge in [0, 0.05) is 30.7 Å². The van der Waals surface area contributed by atoms with E-state index in [9.17, 15) is 0 Å². The van der Waals surface area contributed by atoms with E-state index >= 15 is 0 Å². The normalized spacial score (nSPS) is 19.0. The van der Waals surface area contributed by atoms with E-state index in [1.54, 1.807) is 11.3 Å². The third-order valence-corrected chi connectivity index (χ3v) is 4.91. The van der Waals surface area contributed by atoms with Crippen LogP contribution in [0.3, 0.4) is 0 Å². The monoisotopic (exact) mass is 302 g/mol. The van der Waals surface area contributed by atoms with Gasteiger partial charge in [0.25, 0.3) is 0 Å². The second-order valence-corrected chi connectivity index (χ2v) is 6.28. The lowest BCUT2D eigenvalue weighted by atomic mass is 10.1. The zero-order valence-corrected chi connectivity index (χ0v) is 13.3. The van der Waals surface area contributed by atoms with E-state index in [0.29, 0.717) is 6.04 Å². The Bertz CT molecular complexity index is 548. The Balaban J connectivity index is 1.68. The lowest BCUT2D eigenvalue weighted by Crippen LogP contribution is -2.45. The van der Waals surface area contributed by atoms with Gasteiger partial charge in [-0.15, -0.1) is 11.3 Å². The molecule has 5 heteroatoms. The summed E-state index contributed by atoms with van der Waals surface area (Å²) in [6.45, 7) is 6.51. The number of piperidine rings is 1. The zero-order chi connectivity index (χ0) is 14.5. The van der Waals surface area contributed by atoms with Crippen LogP contribution < -0.4 is 5.32 Å². The first-order valence-corrected chi connectivity index (χ1v) is 8.55. The summed E-state index contributed by atoms with van der Waals surface area (Å²) in [5.74, 6) is 0. The van der Waals surface area contributed by atoms with Crippen LogP contribution in [0.1, 0.15) is 25.5 Å². The van der Waals surface area contributed by atoms with Gasteiger partial charge >= 0.3 is 0 Å². The van der Waals surface area contributed by atoms with Crippen molar-refractivity contribution in [3.63, 3.8) is 0 Å². The van der Waals surface area contributed by atoms with Crippen molar-refractivity contribution in [1.29, 1.82) is 0 Å². The molecular formula is C16H22N4S. The van der Waals surface area contributed by atoms with E-state index in [2.05, 4.69) is 27.5 Å². The van der Waals surface area contributed by atoms with E-state index in [4.69, 9.17) is 4.98 Å². The largest absolute Gasteiger partial charge is 0.315 e. The first kappa shape index (κ1) is 14.6. The molecule has 4 nitrogen and oxygen atoms in total. The molecule has 2 aromatic heterocycles. The van der Waals surface area contributed by atoms with Gasteiger partial charge in [-0.3, -0.25) is 9.88 Å². The van der Waals surface area contributed by atoms with Crippen molar-refractivity contribution in [2.24, 2.45) is 0 Å². The molecule has 0 bridgehead atoms. The molecule has 3 heterocycles.